The zero-order chi connectivity index (χ0) is 28.6. The number of aromatic hydroxyl groups is 1. The van der Waals surface area contributed by atoms with Crippen LogP contribution in [0.4, 0.5) is 8.78 Å². The van der Waals surface area contributed by atoms with Crippen LogP contribution in [0.15, 0.2) is 53.5 Å². The predicted octanol–water partition coefficient (Wildman–Crippen LogP) is 3.75. The minimum atomic E-state index is -0.863. The first kappa shape index (κ1) is 26.9. The molecule has 208 valence electrons. The average molecular weight is 552 g/mol. The van der Waals surface area contributed by atoms with Crippen LogP contribution < -0.4 is 15.0 Å². The van der Waals surface area contributed by atoms with E-state index in [1.54, 1.807) is 35.1 Å². The lowest BCUT2D eigenvalue weighted by Crippen LogP contribution is -2.36. The standard InChI is InChI=1S/C28H27F2N5O5/c1-4-34-13-11-20(32-34)25-31-26(36)23(28(38)35(25)24-21(39-2)6-5-7-22(24)40-3)27(37)33-12-10-16(15-33)18-9-8-17(29)14-19(18)30/h5-9,11,13-14,16,36H,4,10,12,15H2,1-3H3. The first-order valence-corrected chi connectivity index (χ1v) is 12.6. The van der Waals surface area contributed by atoms with Crippen LogP contribution in [0.2, 0.25) is 0 Å². The second-order valence-electron chi connectivity index (χ2n) is 9.24. The van der Waals surface area contributed by atoms with Crippen LogP contribution in [-0.4, -0.2) is 62.6 Å². The van der Waals surface area contributed by atoms with Gasteiger partial charge in [-0.3, -0.25) is 18.8 Å². The van der Waals surface area contributed by atoms with Crippen molar-refractivity contribution in [3.63, 3.8) is 0 Å². The molecule has 0 bridgehead atoms. The maximum absolute atomic E-state index is 14.4. The van der Waals surface area contributed by atoms with Crippen molar-refractivity contribution in [2.24, 2.45) is 0 Å². The number of carbonyl (C=O) groups excluding carboxylic acids is 1. The number of benzene rings is 2. The number of methoxy groups -OCH3 is 2. The van der Waals surface area contributed by atoms with Crippen molar-refractivity contribution in [3.8, 4) is 34.6 Å². The Hall–Kier alpha value is -4.74. The molecule has 1 saturated heterocycles. The summed E-state index contributed by atoms with van der Waals surface area (Å²) in [5.41, 5.74) is -0.705. The molecule has 3 heterocycles. The van der Waals surface area contributed by atoms with E-state index in [9.17, 15) is 23.5 Å². The summed E-state index contributed by atoms with van der Waals surface area (Å²) < 4.78 is 41.6. The van der Waals surface area contributed by atoms with Gasteiger partial charge in [0.1, 0.15) is 34.5 Å². The highest BCUT2D eigenvalue weighted by Gasteiger charge is 2.35. The summed E-state index contributed by atoms with van der Waals surface area (Å²) in [6.45, 7) is 2.71. The Morgan fingerprint density at radius 1 is 1.12 bits per heavy atom. The van der Waals surface area contributed by atoms with Crippen molar-refractivity contribution >= 4 is 5.91 Å². The number of likely N-dealkylation sites (tertiary alicyclic amines) is 1. The summed E-state index contributed by atoms with van der Waals surface area (Å²) in [4.78, 5) is 33.4. The first-order valence-electron chi connectivity index (χ1n) is 12.6. The van der Waals surface area contributed by atoms with E-state index >= 15 is 0 Å². The molecule has 10 nitrogen and oxygen atoms in total. The molecule has 1 atom stereocenters. The molecule has 12 heteroatoms. The highest BCUT2D eigenvalue weighted by atomic mass is 19.1. The minimum Gasteiger partial charge on any atom is -0.494 e. The zero-order valence-electron chi connectivity index (χ0n) is 22.1. The maximum Gasteiger partial charge on any atom is 0.275 e. The van der Waals surface area contributed by atoms with Gasteiger partial charge in [0.25, 0.3) is 11.5 Å². The van der Waals surface area contributed by atoms with E-state index in [0.29, 0.717) is 13.0 Å². The smallest absolute Gasteiger partial charge is 0.275 e. The van der Waals surface area contributed by atoms with Gasteiger partial charge in [-0.15, -0.1) is 0 Å². The molecule has 1 unspecified atom stereocenters. The highest BCUT2D eigenvalue weighted by molar-refractivity contribution is 5.96. The Bertz CT molecular complexity index is 1630. The number of hydrogen-bond acceptors (Lipinski definition) is 7. The zero-order valence-corrected chi connectivity index (χ0v) is 22.1. The van der Waals surface area contributed by atoms with Crippen LogP contribution in [0, 0.1) is 11.6 Å². The van der Waals surface area contributed by atoms with E-state index in [1.807, 2.05) is 6.92 Å². The second kappa shape index (κ2) is 10.8. The Labute approximate surface area is 228 Å². The number of carbonyl (C=O) groups is 1. The third-order valence-electron chi connectivity index (χ3n) is 6.97. The molecule has 5 rings (SSSR count). The molecular weight excluding hydrogens is 524 g/mol. The maximum atomic E-state index is 14.4. The molecule has 0 aliphatic carbocycles. The number of para-hydroxylation sites is 1. The van der Waals surface area contributed by atoms with Gasteiger partial charge < -0.3 is 19.5 Å². The van der Waals surface area contributed by atoms with E-state index in [1.165, 1.54) is 25.2 Å². The van der Waals surface area contributed by atoms with Crippen molar-refractivity contribution < 1.29 is 28.2 Å². The van der Waals surface area contributed by atoms with Crippen molar-refractivity contribution in [1.82, 2.24) is 24.2 Å². The Morgan fingerprint density at radius 2 is 1.85 bits per heavy atom. The monoisotopic (exact) mass is 551 g/mol. The minimum absolute atomic E-state index is 0.0262. The van der Waals surface area contributed by atoms with Crippen LogP contribution in [0.1, 0.15) is 35.2 Å². The lowest BCUT2D eigenvalue weighted by Gasteiger charge is -2.21. The topological polar surface area (TPSA) is 112 Å². The van der Waals surface area contributed by atoms with E-state index in [-0.39, 0.29) is 47.4 Å². The number of aryl methyl sites for hydroxylation is 1. The van der Waals surface area contributed by atoms with E-state index in [2.05, 4.69) is 10.1 Å². The third-order valence-corrected chi connectivity index (χ3v) is 6.97. The quantitative estimate of drug-likeness (QED) is 0.372. The lowest BCUT2D eigenvalue weighted by molar-refractivity contribution is 0.0784. The lowest BCUT2D eigenvalue weighted by atomic mass is 9.98. The molecule has 1 fully saturated rings. The summed E-state index contributed by atoms with van der Waals surface area (Å²) in [6.07, 6.45) is 2.09. The third kappa shape index (κ3) is 4.65. The number of rotatable bonds is 7. The van der Waals surface area contributed by atoms with Gasteiger partial charge in [0.2, 0.25) is 5.88 Å². The fraction of sp³-hybridized carbons (Fsp3) is 0.286. The molecular formula is C28H27F2N5O5. The van der Waals surface area contributed by atoms with E-state index < -0.39 is 40.5 Å². The first-order chi connectivity index (χ1) is 19.3. The summed E-state index contributed by atoms with van der Waals surface area (Å²) in [5.74, 6) is -2.85. The molecule has 0 saturated carbocycles. The number of amides is 1. The van der Waals surface area contributed by atoms with Gasteiger partial charge in [-0.05, 0) is 43.2 Å². The second-order valence-corrected chi connectivity index (χ2v) is 9.24. The fourth-order valence-electron chi connectivity index (χ4n) is 4.97. The predicted molar refractivity (Wildman–Crippen MR) is 141 cm³/mol. The number of hydrogen-bond donors (Lipinski definition) is 1. The number of aromatic nitrogens is 4. The van der Waals surface area contributed by atoms with Gasteiger partial charge in [0, 0.05) is 37.8 Å². The van der Waals surface area contributed by atoms with Gasteiger partial charge in [0.15, 0.2) is 11.4 Å². The molecule has 0 spiro atoms. The Balaban J connectivity index is 1.64. The van der Waals surface area contributed by atoms with E-state index in [0.717, 1.165) is 16.7 Å². The summed E-state index contributed by atoms with van der Waals surface area (Å²) in [7, 11) is 2.85. The molecule has 1 N–H and O–H groups in total. The summed E-state index contributed by atoms with van der Waals surface area (Å²) in [6, 6.07) is 9.87. The largest absolute Gasteiger partial charge is 0.494 e. The number of nitrogens with zero attached hydrogens (tertiary/aromatic N) is 5. The Kier molecular flexibility index (Phi) is 7.24. The van der Waals surface area contributed by atoms with Gasteiger partial charge in [-0.2, -0.15) is 10.1 Å². The van der Waals surface area contributed by atoms with Gasteiger partial charge in [0.05, 0.1) is 14.2 Å². The van der Waals surface area contributed by atoms with Gasteiger partial charge in [-0.25, -0.2) is 8.78 Å². The summed E-state index contributed by atoms with van der Waals surface area (Å²) in [5, 5.41) is 15.4. The van der Waals surface area contributed by atoms with Crippen molar-refractivity contribution in [1.29, 1.82) is 0 Å². The van der Waals surface area contributed by atoms with Crippen molar-refractivity contribution in [2.45, 2.75) is 25.8 Å². The molecule has 1 amide bonds. The SMILES string of the molecule is CCn1ccc(-c2nc(O)c(C(=O)N3CCC(c4ccc(F)cc4F)C3)c(=O)n2-c2c(OC)cccc2OC)n1. The molecule has 40 heavy (non-hydrogen) atoms. The normalized spacial score (nSPS) is 14.9. The fourth-order valence-corrected chi connectivity index (χ4v) is 4.97. The molecule has 2 aromatic carbocycles. The van der Waals surface area contributed by atoms with Crippen molar-refractivity contribution in [3.05, 3.63) is 81.8 Å². The molecule has 1 aliphatic heterocycles. The molecule has 1 aliphatic rings. The van der Waals surface area contributed by atoms with Crippen LogP contribution in [-0.2, 0) is 6.54 Å². The van der Waals surface area contributed by atoms with Crippen molar-refractivity contribution in [2.75, 3.05) is 27.3 Å². The van der Waals surface area contributed by atoms with Gasteiger partial charge in [-0.1, -0.05) is 12.1 Å². The summed E-state index contributed by atoms with van der Waals surface area (Å²) >= 11 is 0. The molecule has 0 radical (unpaired) electrons. The molecule has 4 aromatic rings. The van der Waals surface area contributed by atoms with E-state index in [4.69, 9.17) is 9.47 Å². The van der Waals surface area contributed by atoms with Crippen LogP contribution in [0.25, 0.3) is 17.2 Å². The average Bonchev–Trinajstić information content (AvgIpc) is 3.63. The van der Waals surface area contributed by atoms with Crippen LogP contribution >= 0.6 is 0 Å². The van der Waals surface area contributed by atoms with Gasteiger partial charge >= 0.3 is 0 Å². The van der Waals surface area contributed by atoms with Crippen LogP contribution in [0.5, 0.6) is 17.4 Å². The highest BCUT2D eigenvalue weighted by Crippen LogP contribution is 2.36. The number of ether oxygens (including phenoxy) is 2. The molecule has 2 aromatic heterocycles. The van der Waals surface area contributed by atoms with Crippen LogP contribution in [0.3, 0.4) is 0 Å². The Morgan fingerprint density at radius 3 is 2.48 bits per heavy atom. The number of halogens is 2.